The Morgan fingerprint density at radius 2 is 1.63 bits per heavy atom. The van der Waals surface area contributed by atoms with Crippen molar-refractivity contribution in [1.82, 2.24) is 0 Å². The fourth-order valence-corrected chi connectivity index (χ4v) is 1.77. The van der Waals surface area contributed by atoms with Gasteiger partial charge in [-0.3, -0.25) is 0 Å². The molecule has 3 nitrogen and oxygen atoms in total. The number of halogens is 1. The second-order valence-corrected chi connectivity index (χ2v) is 4.24. The van der Waals surface area contributed by atoms with Gasteiger partial charge in [-0.05, 0) is 28.7 Å². The van der Waals surface area contributed by atoms with Crippen molar-refractivity contribution >= 4 is 12.6 Å². The largest absolute Gasteiger partial charge is 0.488 e. The van der Waals surface area contributed by atoms with Crippen LogP contribution in [0.3, 0.4) is 0 Å². The van der Waals surface area contributed by atoms with E-state index in [1.54, 1.807) is 0 Å². The summed E-state index contributed by atoms with van der Waals surface area (Å²) in [6.07, 6.45) is 0. The van der Waals surface area contributed by atoms with E-state index in [9.17, 15) is 4.39 Å². The Morgan fingerprint density at radius 1 is 0.947 bits per heavy atom. The van der Waals surface area contributed by atoms with Gasteiger partial charge in [0.2, 0.25) is 0 Å². The van der Waals surface area contributed by atoms with Gasteiger partial charge in [0.15, 0.2) is 0 Å². The molecule has 0 aliphatic heterocycles. The van der Waals surface area contributed by atoms with Crippen LogP contribution in [0.15, 0.2) is 48.5 Å². The summed E-state index contributed by atoms with van der Waals surface area (Å²) in [4.78, 5) is 0. The van der Waals surface area contributed by atoms with E-state index in [-0.39, 0.29) is 12.1 Å². The maximum absolute atomic E-state index is 13.3. The molecule has 0 fully saturated rings. The van der Waals surface area contributed by atoms with Crippen molar-refractivity contribution in [1.29, 1.82) is 0 Å². The molecule has 0 aliphatic rings. The SMILES string of the molecule is OB(O)c1cc(F)cc(COCc2ccccc2)c1. The van der Waals surface area contributed by atoms with Crippen LogP contribution in [-0.4, -0.2) is 17.2 Å². The smallest absolute Gasteiger partial charge is 0.423 e. The molecular weight excluding hydrogens is 246 g/mol. The lowest BCUT2D eigenvalue weighted by atomic mass is 9.79. The van der Waals surface area contributed by atoms with Crippen molar-refractivity contribution in [3.63, 3.8) is 0 Å². The number of hydrogen-bond acceptors (Lipinski definition) is 3. The lowest BCUT2D eigenvalue weighted by molar-refractivity contribution is 0.107. The Balaban J connectivity index is 1.96. The zero-order valence-corrected chi connectivity index (χ0v) is 10.3. The predicted molar refractivity (Wildman–Crippen MR) is 71.2 cm³/mol. The average molecular weight is 260 g/mol. The molecule has 2 rings (SSSR count). The van der Waals surface area contributed by atoms with Gasteiger partial charge in [0.25, 0.3) is 0 Å². The molecule has 5 heteroatoms. The standard InChI is InChI=1S/C14H14BFO3/c16-14-7-12(6-13(8-14)15(17)18)10-19-9-11-4-2-1-3-5-11/h1-8,17-18H,9-10H2. The first-order valence-electron chi connectivity index (χ1n) is 5.92. The summed E-state index contributed by atoms with van der Waals surface area (Å²) in [6, 6.07) is 13.6. The first kappa shape index (κ1) is 13.7. The number of hydrogen-bond donors (Lipinski definition) is 2. The third-order valence-corrected chi connectivity index (χ3v) is 2.66. The number of ether oxygens (including phenoxy) is 1. The molecule has 0 spiro atoms. The van der Waals surface area contributed by atoms with Gasteiger partial charge < -0.3 is 14.8 Å². The second-order valence-electron chi connectivity index (χ2n) is 4.24. The summed E-state index contributed by atoms with van der Waals surface area (Å²) in [5.74, 6) is -0.510. The highest BCUT2D eigenvalue weighted by Gasteiger charge is 2.13. The summed E-state index contributed by atoms with van der Waals surface area (Å²) < 4.78 is 18.7. The zero-order valence-electron chi connectivity index (χ0n) is 10.3. The molecule has 2 aromatic carbocycles. The van der Waals surface area contributed by atoms with Crippen LogP contribution in [0.5, 0.6) is 0 Å². The Morgan fingerprint density at radius 3 is 2.32 bits per heavy atom. The van der Waals surface area contributed by atoms with Gasteiger partial charge in [0.05, 0.1) is 13.2 Å². The van der Waals surface area contributed by atoms with E-state index in [2.05, 4.69) is 0 Å². The topological polar surface area (TPSA) is 49.7 Å². The third-order valence-electron chi connectivity index (χ3n) is 2.66. The summed E-state index contributed by atoms with van der Waals surface area (Å²) >= 11 is 0. The van der Waals surface area contributed by atoms with Crippen molar-refractivity contribution in [2.75, 3.05) is 0 Å². The minimum absolute atomic E-state index is 0.123. The molecule has 0 aliphatic carbocycles. The molecule has 19 heavy (non-hydrogen) atoms. The van der Waals surface area contributed by atoms with E-state index < -0.39 is 12.9 Å². The number of rotatable bonds is 5. The molecule has 98 valence electrons. The normalized spacial score (nSPS) is 10.5. The van der Waals surface area contributed by atoms with Crippen molar-refractivity contribution in [3.8, 4) is 0 Å². The molecule has 0 radical (unpaired) electrons. The minimum Gasteiger partial charge on any atom is -0.423 e. The zero-order chi connectivity index (χ0) is 13.7. The van der Waals surface area contributed by atoms with Crippen molar-refractivity contribution in [3.05, 3.63) is 65.5 Å². The van der Waals surface area contributed by atoms with E-state index in [0.29, 0.717) is 12.2 Å². The van der Waals surface area contributed by atoms with Crippen LogP contribution in [0, 0.1) is 5.82 Å². The van der Waals surface area contributed by atoms with Crippen LogP contribution in [0.1, 0.15) is 11.1 Å². The van der Waals surface area contributed by atoms with Crippen LogP contribution in [0.2, 0.25) is 0 Å². The molecule has 0 amide bonds. The summed E-state index contributed by atoms with van der Waals surface area (Å²) in [6.45, 7) is 0.640. The van der Waals surface area contributed by atoms with Gasteiger partial charge in [-0.15, -0.1) is 0 Å². The van der Waals surface area contributed by atoms with Crippen LogP contribution in [-0.2, 0) is 18.0 Å². The van der Waals surface area contributed by atoms with Gasteiger partial charge in [0, 0.05) is 0 Å². The maximum Gasteiger partial charge on any atom is 0.488 e. The molecule has 0 saturated heterocycles. The summed E-state index contributed by atoms with van der Waals surface area (Å²) in [5, 5.41) is 18.0. The molecule has 0 atom stereocenters. The van der Waals surface area contributed by atoms with Crippen LogP contribution >= 0.6 is 0 Å². The van der Waals surface area contributed by atoms with E-state index >= 15 is 0 Å². The maximum atomic E-state index is 13.3. The summed E-state index contributed by atoms with van der Waals surface area (Å²) in [7, 11) is -1.68. The monoisotopic (exact) mass is 260 g/mol. The van der Waals surface area contributed by atoms with E-state index in [1.165, 1.54) is 12.1 Å². The van der Waals surface area contributed by atoms with Crippen LogP contribution < -0.4 is 5.46 Å². The molecule has 0 saturated carbocycles. The number of benzene rings is 2. The van der Waals surface area contributed by atoms with Gasteiger partial charge in [-0.2, -0.15) is 0 Å². The molecule has 2 N–H and O–H groups in total. The lowest BCUT2D eigenvalue weighted by Crippen LogP contribution is -2.30. The molecule has 0 bridgehead atoms. The molecule has 0 unspecified atom stereocenters. The first-order valence-corrected chi connectivity index (χ1v) is 5.92. The Labute approximate surface area is 111 Å². The molecule has 0 aromatic heterocycles. The van der Waals surface area contributed by atoms with Crippen molar-refractivity contribution in [2.45, 2.75) is 13.2 Å². The van der Waals surface area contributed by atoms with Gasteiger partial charge in [0.1, 0.15) is 5.82 Å². The van der Waals surface area contributed by atoms with E-state index in [0.717, 1.165) is 11.6 Å². The first-order chi connectivity index (χ1) is 9.15. The lowest BCUT2D eigenvalue weighted by Gasteiger charge is -2.07. The van der Waals surface area contributed by atoms with E-state index in [4.69, 9.17) is 14.8 Å². The van der Waals surface area contributed by atoms with Crippen LogP contribution in [0.25, 0.3) is 0 Å². The quantitative estimate of drug-likeness (QED) is 0.795. The average Bonchev–Trinajstić information content (AvgIpc) is 2.39. The van der Waals surface area contributed by atoms with Crippen molar-refractivity contribution < 1.29 is 19.2 Å². The summed E-state index contributed by atoms with van der Waals surface area (Å²) in [5.41, 5.74) is 1.72. The Kier molecular flexibility index (Phi) is 4.68. The molecule has 0 heterocycles. The highest BCUT2D eigenvalue weighted by Crippen LogP contribution is 2.07. The molecular formula is C14H14BFO3. The fraction of sp³-hybridized carbons (Fsp3) is 0.143. The minimum atomic E-state index is -1.68. The molecule has 2 aromatic rings. The highest BCUT2D eigenvalue weighted by molar-refractivity contribution is 6.58. The Bertz CT molecular complexity index is 531. The van der Waals surface area contributed by atoms with Gasteiger partial charge >= 0.3 is 7.12 Å². The highest BCUT2D eigenvalue weighted by atomic mass is 19.1. The van der Waals surface area contributed by atoms with Gasteiger partial charge in [-0.25, -0.2) is 4.39 Å². The second kappa shape index (κ2) is 6.47. The van der Waals surface area contributed by atoms with Crippen LogP contribution in [0.4, 0.5) is 4.39 Å². The van der Waals surface area contributed by atoms with E-state index in [1.807, 2.05) is 30.3 Å². The van der Waals surface area contributed by atoms with Gasteiger partial charge in [-0.1, -0.05) is 36.4 Å². The fourth-order valence-electron chi connectivity index (χ4n) is 1.77. The predicted octanol–water partition coefficient (Wildman–Crippen LogP) is 1.22. The third kappa shape index (κ3) is 4.17. The Hall–Kier alpha value is -1.69. The van der Waals surface area contributed by atoms with Crippen molar-refractivity contribution in [2.24, 2.45) is 0 Å².